The number of thioether (sulfide) groups is 1. The minimum Gasteiger partial charge on any atom is -0.368 e. The van der Waals surface area contributed by atoms with Crippen LogP contribution in [0.2, 0.25) is 0 Å². The van der Waals surface area contributed by atoms with E-state index in [1.54, 1.807) is 0 Å². The lowest BCUT2D eigenvalue weighted by Crippen LogP contribution is -2.50. The zero-order chi connectivity index (χ0) is 13.9. The maximum absolute atomic E-state index is 4.55. The van der Waals surface area contributed by atoms with Crippen LogP contribution in [0.1, 0.15) is 24.7 Å². The Hall–Kier alpha value is -0.810. The van der Waals surface area contributed by atoms with Gasteiger partial charge in [0.1, 0.15) is 11.6 Å². The van der Waals surface area contributed by atoms with Crippen molar-refractivity contribution in [3.8, 4) is 0 Å². The Morgan fingerprint density at radius 2 is 2.26 bits per heavy atom. The van der Waals surface area contributed by atoms with Crippen LogP contribution in [-0.2, 0) is 6.42 Å². The highest BCUT2D eigenvalue weighted by atomic mass is 32.2. The molecule has 5 heteroatoms. The highest BCUT2D eigenvalue weighted by Gasteiger charge is 2.36. The smallest absolute Gasteiger partial charge is 0.132 e. The molecule has 1 saturated heterocycles. The average Bonchev–Trinajstić information content (AvgIpc) is 2.86. The molecule has 0 saturated carbocycles. The van der Waals surface area contributed by atoms with Gasteiger partial charge in [-0.15, -0.1) is 0 Å². The molecule has 1 N–H and O–H groups in total. The van der Waals surface area contributed by atoms with Crippen LogP contribution in [0.25, 0.3) is 0 Å². The van der Waals surface area contributed by atoms with Gasteiger partial charge in [0.05, 0.1) is 0 Å². The van der Waals surface area contributed by atoms with Gasteiger partial charge in [-0.05, 0) is 39.6 Å². The van der Waals surface area contributed by atoms with Crippen LogP contribution in [0.3, 0.4) is 0 Å². The first-order valence-corrected chi connectivity index (χ1v) is 8.04. The Morgan fingerprint density at radius 3 is 2.84 bits per heavy atom. The number of aryl methyl sites for hydroxylation is 2. The first-order chi connectivity index (χ1) is 9.07. The first-order valence-electron chi connectivity index (χ1n) is 6.89. The molecule has 0 spiro atoms. The Labute approximate surface area is 120 Å². The van der Waals surface area contributed by atoms with E-state index in [9.17, 15) is 0 Å². The summed E-state index contributed by atoms with van der Waals surface area (Å²) in [6.07, 6.45) is 4.14. The van der Waals surface area contributed by atoms with E-state index in [-0.39, 0.29) is 5.54 Å². The largest absolute Gasteiger partial charge is 0.368 e. The predicted octanol–water partition coefficient (Wildman–Crippen LogP) is 2.20. The number of anilines is 1. The van der Waals surface area contributed by atoms with Gasteiger partial charge in [-0.3, -0.25) is 0 Å². The second kappa shape index (κ2) is 6.09. The van der Waals surface area contributed by atoms with Gasteiger partial charge < -0.3 is 10.2 Å². The minimum atomic E-state index is 0.258. The molecule has 1 aliphatic heterocycles. The molecule has 1 aliphatic rings. The molecule has 0 amide bonds. The van der Waals surface area contributed by atoms with Crippen molar-refractivity contribution in [1.29, 1.82) is 0 Å². The standard InChI is InChI=1S/C14H24N4S/c1-5-12-8-15-11(2)17-13(12)16-9-14(18(3)4)6-7-19-10-14/h8H,5-7,9-10H2,1-4H3,(H,15,16,17). The van der Waals surface area contributed by atoms with Crippen molar-refractivity contribution in [2.45, 2.75) is 32.2 Å². The van der Waals surface area contributed by atoms with Crippen molar-refractivity contribution >= 4 is 17.6 Å². The van der Waals surface area contributed by atoms with E-state index in [2.05, 4.69) is 41.2 Å². The third-order valence-electron chi connectivity index (χ3n) is 3.98. The van der Waals surface area contributed by atoms with Gasteiger partial charge >= 0.3 is 0 Å². The van der Waals surface area contributed by atoms with Crippen molar-refractivity contribution in [3.05, 3.63) is 17.6 Å². The van der Waals surface area contributed by atoms with Gasteiger partial charge in [0.25, 0.3) is 0 Å². The molecule has 0 bridgehead atoms. The van der Waals surface area contributed by atoms with Crippen molar-refractivity contribution in [3.63, 3.8) is 0 Å². The monoisotopic (exact) mass is 280 g/mol. The molecule has 106 valence electrons. The highest BCUT2D eigenvalue weighted by molar-refractivity contribution is 7.99. The third kappa shape index (κ3) is 3.20. The summed E-state index contributed by atoms with van der Waals surface area (Å²) in [4.78, 5) is 11.2. The van der Waals surface area contributed by atoms with Gasteiger partial charge in [0.15, 0.2) is 0 Å². The van der Waals surface area contributed by atoms with Crippen LogP contribution in [0.5, 0.6) is 0 Å². The minimum absolute atomic E-state index is 0.258. The fourth-order valence-corrected chi connectivity index (χ4v) is 3.95. The van der Waals surface area contributed by atoms with E-state index >= 15 is 0 Å². The number of rotatable bonds is 5. The number of aromatic nitrogens is 2. The molecule has 1 fully saturated rings. The van der Waals surface area contributed by atoms with Crippen molar-refractivity contribution in [2.75, 3.05) is 37.5 Å². The summed E-state index contributed by atoms with van der Waals surface area (Å²) in [5.74, 6) is 4.29. The topological polar surface area (TPSA) is 41.1 Å². The van der Waals surface area contributed by atoms with Crippen LogP contribution < -0.4 is 5.32 Å². The number of nitrogens with zero attached hydrogens (tertiary/aromatic N) is 3. The van der Waals surface area contributed by atoms with Gasteiger partial charge in [0, 0.05) is 29.6 Å². The molecule has 2 rings (SSSR count). The molecule has 1 aromatic rings. The molecule has 4 nitrogen and oxygen atoms in total. The summed E-state index contributed by atoms with van der Waals surface area (Å²) in [5.41, 5.74) is 1.46. The van der Waals surface area contributed by atoms with Gasteiger partial charge in [0.2, 0.25) is 0 Å². The van der Waals surface area contributed by atoms with Crippen LogP contribution in [0, 0.1) is 6.92 Å². The van der Waals surface area contributed by atoms with Gasteiger partial charge in [-0.25, -0.2) is 9.97 Å². The lowest BCUT2D eigenvalue weighted by atomic mass is 9.97. The molecule has 1 unspecified atom stereocenters. The van der Waals surface area contributed by atoms with Crippen LogP contribution >= 0.6 is 11.8 Å². The number of likely N-dealkylation sites (N-methyl/N-ethyl adjacent to an activating group) is 1. The fourth-order valence-electron chi connectivity index (χ4n) is 2.40. The Kier molecular flexibility index (Phi) is 4.68. The van der Waals surface area contributed by atoms with E-state index in [0.717, 1.165) is 24.6 Å². The number of hydrogen-bond acceptors (Lipinski definition) is 5. The fraction of sp³-hybridized carbons (Fsp3) is 0.714. The van der Waals surface area contributed by atoms with Gasteiger partial charge in [-0.2, -0.15) is 11.8 Å². The first kappa shape index (κ1) is 14.6. The zero-order valence-corrected chi connectivity index (χ0v) is 13.2. The van der Waals surface area contributed by atoms with E-state index in [1.165, 1.54) is 23.5 Å². The number of hydrogen-bond donors (Lipinski definition) is 1. The third-order valence-corrected chi connectivity index (χ3v) is 5.22. The van der Waals surface area contributed by atoms with Crippen LogP contribution in [0.4, 0.5) is 5.82 Å². The van der Waals surface area contributed by atoms with Crippen LogP contribution in [0.15, 0.2) is 6.20 Å². The van der Waals surface area contributed by atoms with E-state index in [0.29, 0.717) is 0 Å². The zero-order valence-electron chi connectivity index (χ0n) is 12.4. The van der Waals surface area contributed by atoms with Crippen molar-refractivity contribution in [2.24, 2.45) is 0 Å². The lowest BCUT2D eigenvalue weighted by Gasteiger charge is -2.36. The normalized spacial score (nSPS) is 23.0. The van der Waals surface area contributed by atoms with Crippen molar-refractivity contribution < 1.29 is 0 Å². The average molecular weight is 280 g/mol. The summed E-state index contributed by atoms with van der Waals surface area (Å²) < 4.78 is 0. The maximum Gasteiger partial charge on any atom is 0.132 e. The lowest BCUT2D eigenvalue weighted by molar-refractivity contribution is 0.195. The molecule has 19 heavy (non-hydrogen) atoms. The number of nitrogens with one attached hydrogen (secondary N) is 1. The maximum atomic E-state index is 4.55. The molecule has 1 aromatic heterocycles. The van der Waals surface area contributed by atoms with Gasteiger partial charge in [-0.1, -0.05) is 6.92 Å². The summed E-state index contributed by atoms with van der Waals surface area (Å²) in [7, 11) is 4.36. The molecule has 0 aliphatic carbocycles. The summed E-state index contributed by atoms with van der Waals surface area (Å²) >= 11 is 2.04. The second-order valence-electron chi connectivity index (χ2n) is 5.42. The molecule has 2 heterocycles. The molecular weight excluding hydrogens is 256 g/mol. The van der Waals surface area contributed by atoms with E-state index in [1.807, 2.05) is 24.9 Å². The Balaban J connectivity index is 2.11. The highest BCUT2D eigenvalue weighted by Crippen LogP contribution is 2.32. The molecule has 1 atom stereocenters. The molecule has 0 radical (unpaired) electrons. The SMILES string of the molecule is CCc1cnc(C)nc1NCC1(N(C)C)CCSC1. The molecular formula is C14H24N4S. The quantitative estimate of drug-likeness (QED) is 0.895. The predicted molar refractivity (Wildman–Crippen MR) is 83.0 cm³/mol. The summed E-state index contributed by atoms with van der Waals surface area (Å²) in [6.45, 7) is 5.04. The molecule has 0 aromatic carbocycles. The van der Waals surface area contributed by atoms with Crippen LogP contribution in [-0.4, -0.2) is 52.6 Å². The Bertz CT molecular complexity index is 427. The van der Waals surface area contributed by atoms with Crippen molar-refractivity contribution in [1.82, 2.24) is 14.9 Å². The van der Waals surface area contributed by atoms with E-state index in [4.69, 9.17) is 0 Å². The Morgan fingerprint density at radius 1 is 1.47 bits per heavy atom. The van der Waals surface area contributed by atoms with E-state index < -0.39 is 0 Å². The summed E-state index contributed by atoms with van der Waals surface area (Å²) in [6, 6.07) is 0. The second-order valence-corrected chi connectivity index (χ2v) is 6.52. The summed E-state index contributed by atoms with van der Waals surface area (Å²) in [5, 5.41) is 3.56.